The van der Waals surface area contributed by atoms with Crippen molar-refractivity contribution >= 4 is 82.0 Å². The number of nitrogens with zero attached hydrogens (tertiary/aromatic N) is 2. The second-order valence-electron chi connectivity index (χ2n) is 19.1. The zero-order valence-corrected chi connectivity index (χ0v) is 39.0. The molecule has 2 aromatic heterocycles. The molecule has 0 N–H and O–H groups in total. The summed E-state index contributed by atoms with van der Waals surface area (Å²) in [7, 11) is 0. The van der Waals surface area contributed by atoms with Crippen molar-refractivity contribution in [3.05, 3.63) is 234 Å². The molecule has 4 heterocycles. The van der Waals surface area contributed by atoms with Crippen molar-refractivity contribution in [2.75, 3.05) is 4.90 Å². The summed E-state index contributed by atoms with van der Waals surface area (Å²) in [6.45, 7) is 4.83. The summed E-state index contributed by atoms with van der Waals surface area (Å²) in [5.41, 5.74) is 19.3. The summed E-state index contributed by atoms with van der Waals surface area (Å²) in [5, 5.41) is 5.74. The molecule has 10 aromatic rings. The van der Waals surface area contributed by atoms with E-state index < -0.39 is 0 Å². The number of benzene rings is 8. The lowest BCUT2D eigenvalue weighted by molar-refractivity contribution is 0.605. The molecule has 0 bridgehead atoms. The highest BCUT2D eigenvalue weighted by Gasteiger charge is 2.39. The Morgan fingerprint density at radius 2 is 1.18 bits per heavy atom. The SMILES string of the molecule is CC1(C)C2=C(CCC(c3ccc4c(c3)c3ccccc3n4-c3ccc(-c4ccc5sc6ccccc6c5c4)cc3)=C2)N(c2ccc(-c3ccc4c(c3)C3C=CC=CC3S4)cc2)c2ccccc21. The normalized spacial score (nSPS) is 18.1. The molecule has 0 saturated carbocycles. The molecule has 4 heteroatoms. The van der Waals surface area contributed by atoms with E-state index in [0.717, 1.165) is 12.8 Å². The highest BCUT2D eigenvalue weighted by Crippen LogP contribution is 2.53. The molecular weight excluding hydrogens is 849 g/mol. The molecule has 2 aliphatic heterocycles. The Bertz CT molecular complexity index is 3820. The van der Waals surface area contributed by atoms with Gasteiger partial charge in [-0.3, -0.25) is 0 Å². The van der Waals surface area contributed by atoms with Crippen molar-refractivity contribution in [1.29, 1.82) is 0 Å². The molecule has 2 unspecified atom stereocenters. The fraction of sp³-hybridized carbons (Fsp3) is 0.111. The highest BCUT2D eigenvalue weighted by molar-refractivity contribution is 8.00. The second kappa shape index (κ2) is 15.0. The van der Waals surface area contributed by atoms with E-state index in [-0.39, 0.29) is 5.41 Å². The van der Waals surface area contributed by atoms with Gasteiger partial charge in [-0.2, -0.15) is 0 Å². The number of hydrogen-bond donors (Lipinski definition) is 0. The molecule has 0 fully saturated rings. The first-order chi connectivity index (χ1) is 32.9. The van der Waals surface area contributed by atoms with Crippen molar-refractivity contribution < 1.29 is 0 Å². The Kier molecular flexibility index (Phi) is 8.72. The molecule has 320 valence electrons. The Hall–Kier alpha value is -7.11. The predicted molar refractivity (Wildman–Crippen MR) is 287 cm³/mol. The van der Waals surface area contributed by atoms with Gasteiger partial charge in [0.15, 0.2) is 0 Å². The molecule has 2 aliphatic carbocycles. The molecule has 2 atom stereocenters. The number of thiophene rings is 1. The molecule has 14 rings (SSSR count). The quantitative estimate of drug-likeness (QED) is 0.170. The number of fused-ring (bicyclic) bond motifs is 10. The first-order valence-corrected chi connectivity index (χ1v) is 25.3. The first kappa shape index (κ1) is 39.1. The Balaban J connectivity index is 0.813. The summed E-state index contributed by atoms with van der Waals surface area (Å²) in [6.07, 6.45) is 13.6. The van der Waals surface area contributed by atoms with Crippen LogP contribution >= 0.6 is 23.1 Å². The third kappa shape index (κ3) is 6.09. The maximum Gasteiger partial charge on any atom is 0.0541 e. The molecule has 8 aromatic carbocycles. The predicted octanol–water partition coefficient (Wildman–Crippen LogP) is 17.7. The van der Waals surface area contributed by atoms with E-state index >= 15 is 0 Å². The number of allylic oxidation sites excluding steroid dienone is 7. The van der Waals surface area contributed by atoms with Crippen LogP contribution in [-0.4, -0.2) is 9.82 Å². The fourth-order valence-electron chi connectivity index (χ4n) is 11.7. The summed E-state index contributed by atoms with van der Waals surface area (Å²) >= 11 is 3.86. The van der Waals surface area contributed by atoms with Crippen molar-refractivity contribution in [3.8, 4) is 27.9 Å². The van der Waals surface area contributed by atoms with Crippen LogP contribution in [0.4, 0.5) is 11.4 Å². The third-order valence-corrected chi connectivity index (χ3v) is 17.6. The topological polar surface area (TPSA) is 8.17 Å². The Morgan fingerprint density at radius 1 is 0.522 bits per heavy atom. The minimum atomic E-state index is -0.160. The van der Waals surface area contributed by atoms with Gasteiger partial charge in [0.25, 0.3) is 0 Å². The molecule has 0 amide bonds. The summed E-state index contributed by atoms with van der Waals surface area (Å²) in [5.74, 6) is 0.457. The highest BCUT2D eigenvalue weighted by atomic mass is 32.2. The summed E-state index contributed by atoms with van der Waals surface area (Å²) in [4.78, 5) is 3.97. The number of rotatable bonds is 5. The van der Waals surface area contributed by atoms with Crippen LogP contribution in [0.1, 0.15) is 49.3 Å². The van der Waals surface area contributed by atoms with Gasteiger partial charge in [-0.15, -0.1) is 23.1 Å². The maximum atomic E-state index is 2.56. The Labute approximate surface area is 399 Å². The van der Waals surface area contributed by atoms with E-state index in [1.165, 1.54) is 120 Å². The van der Waals surface area contributed by atoms with Crippen LogP contribution in [-0.2, 0) is 5.41 Å². The van der Waals surface area contributed by atoms with Gasteiger partial charge in [0.05, 0.1) is 11.0 Å². The minimum absolute atomic E-state index is 0.160. The van der Waals surface area contributed by atoms with Crippen LogP contribution in [0.3, 0.4) is 0 Å². The van der Waals surface area contributed by atoms with Crippen LogP contribution in [0.25, 0.3) is 75.5 Å². The average Bonchev–Trinajstić information content (AvgIpc) is 4.05. The molecule has 2 nitrogen and oxygen atoms in total. The molecule has 0 spiro atoms. The first-order valence-electron chi connectivity index (χ1n) is 23.6. The molecule has 0 radical (unpaired) electrons. The Morgan fingerprint density at radius 3 is 2.04 bits per heavy atom. The number of aromatic nitrogens is 1. The van der Waals surface area contributed by atoms with Gasteiger partial charge in [0.1, 0.15) is 0 Å². The lowest BCUT2D eigenvalue weighted by Gasteiger charge is -2.45. The van der Waals surface area contributed by atoms with E-state index in [1.807, 2.05) is 23.1 Å². The smallest absolute Gasteiger partial charge is 0.0541 e. The van der Waals surface area contributed by atoms with E-state index in [9.17, 15) is 0 Å². The van der Waals surface area contributed by atoms with Gasteiger partial charge in [-0.05, 0) is 142 Å². The van der Waals surface area contributed by atoms with Crippen molar-refractivity contribution in [2.24, 2.45) is 0 Å². The van der Waals surface area contributed by atoms with E-state index in [4.69, 9.17) is 0 Å². The number of anilines is 2. The summed E-state index contributed by atoms with van der Waals surface area (Å²) in [6, 6.07) is 66.3. The monoisotopic (exact) mass is 894 g/mol. The lowest BCUT2D eigenvalue weighted by atomic mass is 9.70. The minimum Gasteiger partial charge on any atom is -0.314 e. The third-order valence-electron chi connectivity index (χ3n) is 15.1. The van der Waals surface area contributed by atoms with Crippen molar-refractivity contribution in [1.82, 2.24) is 4.57 Å². The number of thioether (sulfide) groups is 1. The summed E-state index contributed by atoms with van der Waals surface area (Å²) < 4.78 is 5.12. The van der Waals surface area contributed by atoms with Crippen molar-refractivity contribution in [3.63, 3.8) is 0 Å². The van der Waals surface area contributed by atoms with Gasteiger partial charge in [0.2, 0.25) is 0 Å². The van der Waals surface area contributed by atoms with Gasteiger partial charge >= 0.3 is 0 Å². The van der Waals surface area contributed by atoms with Gasteiger partial charge in [-0.25, -0.2) is 0 Å². The lowest BCUT2D eigenvalue weighted by Crippen LogP contribution is -2.35. The van der Waals surface area contributed by atoms with E-state index in [1.54, 1.807) is 0 Å². The number of para-hydroxylation sites is 2. The average molecular weight is 895 g/mol. The standard InChI is InChI=1S/C63H46N2S2/c1-63(2)53-14-6-8-16-57(53)65(46-29-21-40(22-30-46)42-26-34-62-52(37-42)49-13-5-10-18-60(49)67-62)58-32-24-44(38-54(58)63)43-23-31-56-50(35-43)47-11-3-7-15-55(47)64(56)45-27-19-39(20-28-45)41-25-33-61-51(36-41)48-12-4-9-17-59(48)66-61/h3-23,25-31,33-38,49,60H,24,32H2,1-2H3. The van der Waals surface area contributed by atoms with Gasteiger partial charge in [0, 0.05) is 75.2 Å². The van der Waals surface area contributed by atoms with Crippen LogP contribution in [0.5, 0.6) is 0 Å². The van der Waals surface area contributed by atoms with Crippen LogP contribution in [0.2, 0.25) is 0 Å². The van der Waals surface area contributed by atoms with Crippen molar-refractivity contribution in [2.45, 2.75) is 48.2 Å². The molecule has 0 saturated heterocycles. The van der Waals surface area contributed by atoms with Gasteiger partial charge in [-0.1, -0.05) is 141 Å². The van der Waals surface area contributed by atoms with Crippen LogP contribution in [0.15, 0.2) is 222 Å². The fourth-order valence-corrected chi connectivity index (χ4v) is 14.1. The second-order valence-corrected chi connectivity index (χ2v) is 21.4. The van der Waals surface area contributed by atoms with Gasteiger partial charge < -0.3 is 9.47 Å². The van der Waals surface area contributed by atoms with Crippen LogP contribution < -0.4 is 4.90 Å². The molecule has 4 aliphatic rings. The molecular formula is C63H46N2S2. The van der Waals surface area contributed by atoms with Crippen LogP contribution in [0, 0.1) is 0 Å². The largest absolute Gasteiger partial charge is 0.314 e. The maximum absolute atomic E-state index is 2.56. The zero-order valence-electron chi connectivity index (χ0n) is 37.4. The van der Waals surface area contributed by atoms with E-state index in [0.29, 0.717) is 11.2 Å². The zero-order chi connectivity index (χ0) is 44.4. The molecule has 67 heavy (non-hydrogen) atoms. The van der Waals surface area contributed by atoms with E-state index in [2.05, 4.69) is 230 Å². The number of hydrogen-bond acceptors (Lipinski definition) is 3.